The van der Waals surface area contributed by atoms with Crippen molar-refractivity contribution in [1.29, 1.82) is 0 Å². The Hall–Kier alpha value is -1.43. The second-order valence-electron chi connectivity index (χ2n) is 5.35. The van der Waals surface area contributed by atoms with E-state index in [-0.39, 0.29) is 17.7 Å². The number of halogens is 2. The SMILES string of the molecule is OC(CNC1CCSc2ccc(F)cc21)c1ccc(F)cc1. The summed E-state index contributed by atoms with van der Waals surface area (Å²) in [5.74, 6) is 0.396. The van der Waals surface area contributed by atoms with Gasteiger partial charge in [-0.25, -0.2) is 8.78 Å². The Labute approximate surface area is 132 Å². The Balaban J connectivity index is 1.67. The summed E-state index contributed by atoms with van der Waals surface area (Å²) in [6, 6.07) is 10.7. The van der Waals surface area contributed by atoms with Gasteiger partial charge in [-0.1, -0.05) is 12.1 Å². The fraction of sp³-hybridized carbons (Fsp3) is 0.294. The van der Waals surface area contributed by atoms with Gasteiger partial charge in [0.05, 0.1) is 6.10 Å². The van der Waals surface area contributed by atoms with Crippen molar-refractivity contribution in [2.45, 2.75) is 23.5 Å². The average molecular weight is 321 g/mol. The van der Waals surface area contributed by atoms with Crippen LogP contribution >= 0.6 is 11.8 Å². The zero-order chi connectivity index (χ0) is 15.5. The third-order valence-corrected chi connectivity index (χ3v) is 4.95. The van der Waals surface area contributed by atoms with Crippen LogP contribution in [0.25, 0.3) is 0 Å². The summed E-state index contributed by atoms with van der Waals surface area (Å²) in [5.41, 5.74) is 1.61. The van der Waals surface area contributed by atoms with Crippen molar-refractivity contribution in [1.82, 2.24) is 5.32 Å². The predicted molar refractivity (Wildman–Crippen MR) is 83.8 cm³/mol. The van der Waals surface area contributed by atoms with E-state index < -0.39 is 6.10 Å². The Morgan fingerprint density at radius 3 is 2.64 bits per heavy atom. The van der Waals surface area contributed by atoms with E-state index in [2.05, 4.69) is 5.32 Å². The molecule has 22 heavy (non-hydrogen) atoms. The summed E-state index contributed by atoms with van der Waals surface area (Å²) in [6.07, 6.45) is 0.171. The molecule has 116 valence electrons. The first-order valence-electron chi connectivity index (χ1n) is 7.22. The summed E-state index contributed by atoms with van der Waals surface area (Å²) in [7, 11) is 0. The van der Waals surface area contributed by atoms with Gasteiger partial charge in [0.15, 0.2) is 0 Å². The Morgan fingerprint density at radius 1 is 1.14 bits per heavy atom. The number of aliphatic hydroxyl groups excluding tert-OH is 1. The second kappa shape index (κ2) is 6.77. The minimum Gasteiger partial charge on any atom is -0.387 e. The lowest BCUT2D eigenvalue weighted by Crippen LogP contribution is -2.29. The molecule has 0 spiro atoms. The molecule has 1 aliphatic rings. The Bertz CT molecular complexity index is 648. The summed E-state index contributed by atoms with van der Waals surface area (Å²) < 4.78 is 26.3. The van der Waals surface area contributed by atoms with Gasteiger partial charge < -0.3 is 10.4 Å². The van der Waals surface area contributed by atoms with E-state index >= 15 is 0 Å². The van der Waals surface area contributed by atoms with E-state index in [4.69, 9.17) is 0 Å². The number of hydrogen-bond acceptors (Lipinski definition) is 3. The van der Waals surface area contributed by atoms with Crippen LogP contribution in [-0.4, -0.2) is 17.4 Å². The normalized spacial score (nSPS) is 18.8. The number of thioether (sulfide) groups is 1. The monoisotopic (exact) mass is 321 g/mol. The first-order chi connectivity index (χ1) is 10.6. The maximum absolute atomic E-state index is 13.4. The van der Waals surface area contributed by atoms with Gasteiger partial charge in [-0.15, -0.1) is 11.8 Å². The van der Waals surface area contributed by atoms with Gasteiger partial charge >= 0.3 is 0 Å². The van der Waals surface area contributed by atoms with Crippen LogP contribution < -0.4 is 5.32 Å². The highest BCUT2D eigenvalue weighted by Gasteiger charge is 2.22. The zero-order valence-corrected chi connectivity index (χ0v) is 12.7. The molecular formula is C17H17F2NOS. The van der Waals surface area contributed by atoms with Crippen LogP contribution in [0.3, 0.4) is 0 Å². The third-order valence-electron chi connectivity index (χ3n) is 3.82. The van der Waals surface area contributed by atoms with Crippen LogP contribution in [0, 0.1) is 11.6 Å². The first-order valence-corrected chi connectivity index (χ1v) is 8.21. The molecule has 2 atom stereocenters. The number of nitrogens with one attached hydrogen (secondary N) is 1. The van der Waals surface area contributed by atoms with Gasteiger partial charge in [0.2, 0.25) is 0 Å². The minimum atomic E-state index is -0.716. The van der Waals surface area contributed by atoms with Crippen molar-refractivity contribution in [3.63, 3.8) is 0 Å². The van der Waals surface area contributed by atoms with E-state index in [1.165, 1.54) is 18.2 Å². The van der Waals surface area contributed by atoms with Crippen molar-refractivity contribution < 1.29 is 13.9 Å². The van der Waals surface area contributed by atoms with Gasteiger partial charge in [-0.2, -0.15) is 0 Å². The van der Waals surface area contributed by atoms with Crippen LogP contribution in [0.1, 0.15) is 29.7 Å². The smallest absolute Gasteiger partial charge is 0.123 e. The molecule has 3 rings (SSSR count). The molecule has 2 N–H and O–H groups in total. The molecule has 1 heterocycles. The van der Waals surface area contributed by atoms with Crippen molar-refractivity contribution in [3.05, 3.63) is 65.2 Å². The number of benzene rings is 2. The van der Waals surface area contributed by atoms with E-state index in [9.17, 15) is 13.9 Å². The average Bonchev–Trinajstić information content (AvgIpc) is 2.53. The van der Waals surface area contributed by atoms with Crippen molar-refractivity contribution in [3.8, 4) is 0 Å². The van der Waals surface area contributed by atoms with E-state index in [1.807, 2.05) is 0 Å². The molecule has 2 nitrogen and oxygen atoms in total. The Morgan fingerprint density at radius 2 is 1.86 bits per heavy atom. The molecule has 2 aromatic carbocycles. The molecule has 0 aromatic heterocycles. The summed E-state index contributed by atoms with van der Waals surface area (Å²) in [6.45, 7) is 0.344. The molecule has 0 radical (unpaired) electrons. The van der Waals surface area contributed by atoms with Gasteiger partial charge in [-0.3, -0.25) is 0 Å². The molecule has 0 saturated carbocycles. The van der Waals surface area contributed by atoms with Crippen molar-refractivity contribution in [2.75, 3.05) is 12.3 Å². The summed E-state index contributed by atoms with van der Waals surface area (Å²) >= 11 is 1.72. The van der Waals surface area contributed by atoms with Crippen LogP contribution in [-0.2, 0) is 0 Å². The maximum Gasteiger partial charge on any atom is 0.123 e. The van der Waals surface area contributed by atoms with E-state index in [1.54, 1.807) is 36.0 Å². The fourth-order valence-electron chi connectivity index (χ4n) is 2.63. The maximum atomic E-state index is 13.4. The molecule has 0 saturated heterocycles. The number of aliphatic hydroxyl groups is 1. The molecule has 0 amide bonds. The van der Waals surface area contributed by atoms with Crippen LogP contribution in [0.4, 0.5) is 8.78 Å². The highest BCUT2D eigenvalue weighted by atomic mass is 32.2. The molecule has 1 aliphatic heterocycles. The van der Waals surface area contributed by atoms with Gasteiger partial charge in [0.25, 0.3) is 0 Å². The molecule has 0 fully saturated rings. The van der Waals surface area contributed by atoms with Gasteiger partial charge in [0, 0.05) is 17.5 Å². The molecule has 0 bridgehead atoms. The second-order valence-corrected chi connectivity index (χ2v) is 6.48. The number of fused-ring (bicyclic) bond motifs is 1. The Kier molecular flexibility index (Phi) is 4.76. The molecular weight excluding hydrogens is 304 g/mol. The lowest BCUT2D eigenvalue weighted by molar-refractivity contribution is 0.169. The largest absolute Gasteiger partial charge is 0.387 e. The molecule has 0 aliphatic carbocycles. The van der Waals surface area contributed by atoms with Crippen LogP contribution in [0.2, 0.25) is 0 Å². The van der Waals surface area contributed by atoms with Crippen LogP contribution in [0.15, 0.2) is 47.4 Å². The lowest BCUT2D eigenvalue weighted by atomic mass is 10.0. The number of hydrogen-bond donors (Lipinski definition) is 2. The van der Waals surface area contributed by atoms with Crippen molar-refractivity contribution >= 4 is 11.8 Å². The zero-order valence-electron chi connectivity index (χ0n) is 11.9. The van der Waals surface area contributed by atoms with E-state index in [0.29, 0.717) is 12.1 Å². The lowest BCUT2D eigenvalue weighted by Gasteiger charge is -2.27. The number of rotatable bonds is 4. The highest BCUT2D eigenvalue weighted by molar-refractivity contribution is 7.99. The molecule has 2 unspecified atom stereocenters. The minimum absolute atomic E-state index is 0.0297. The van der Waals surface area contributed by atoms with Gasteiger partial charge in [0.1, 0.15) is 11.6 Å². The topological polar surface area (TPSA) is 32.3 Å². The van der Waals surface area contributed by atoms with E-state index in [0.717, 1.165) is 22.6 Å². The predicted octanol–water partition coefficient (Wildman–Crippen LogP) is 3.82. The summed E-state index contributed by atoms with van der Waals surface area (Å²) in [5, 5.41) is 13.5. The van der Waals surface area contributed by atoms with Crippen molar-refractivity contribution in [2.24, 2.45) is 0 Å². The summed E-state index contributed by atoms with van der Waals surface area (Å²) in [4.78, 5) is 1.08. The quantitative estimate of drug-likeness (QED) is 0.898. The molecule has 2 aromatic rings. The van der Waals surface area contributed by atoms with Crippen LogP contribution in [0.5, 0.6) is 0 Å². The first kappa shape index (κ1) is 15.5. The third kappa shape index (κ3) is 3.48. The standard InChI is InChI=1S/C17H17F2NOS/c18-12-3-1-11(2-4-12)16(21)10-20-15-7-8-22-17-6-5-13(19)9-14(15)17/h1-6,9,15-16,20-21H,7-8,10H2. The van der Waals surface area contributed by atoms with Gasteiger partial charge in [-0.05, 0) is 53.6 Å². The molecule has 5 heteroatoms. The highest BCUT2D eigenvalue weighted by Crippen LogP contribution is 2.36. The fourth-order valence-corrected chi connectivity index (χ4v) is 3.74.